The molecule has 0 saturated carbocycles. The first-order chi connectivity index (χ1) is 3.95. The van der Waals surface area contributed by atoms with Crippen LogP contribution in [0.15, 0.2) is 41.2 Å². The molecule has 0 aromatic rings. The standard InChI is InChI=1S/C8H6/c1-2-7-4-5-8(3-1)6-7/h2-4,6H,5H2. The van der Waals surface area contributed by atoms with Crippen LogP contribution >= 0.6 is 0 Å². The predicted molar refractivity (Wildman–Crippen MR) is 33.4 cm³/mol. The van der Waals surface area contributed by atoms with Crippen LogP contribution in [-0.2, 0) is 0 Å². The molecule has 0 spiro atoms. The quantitative estimate of drug-likeness (QED) is 0.410. The first kappa shape index (κ1) is 3.94. The normalized spacial score (nSPS) is 21.0. The molecule has 0 fully saturated rings. The van der Waals surface area contributed by atoms with E-state index in [1.807, 2.05) is 12.2 Å². The average molecular weight is 102 g/mol. The molecule has 0 unspecified atom stereocenters. The second-order valence-corrected chi connectivity index (χ2v) is 2.08. The summed E-state index contributed by atoms with van der Waals surface area (Å²) in [5.74, 6) is 0. The molecule has 0 nitrogen and oxygen atoms in total. The molecule has 0 aromatic carbocycles. The van der Waals surface area contributed by atoms with Crippen molar-refractivity contribution in [3.05, 3.63) is 41.2 Å². The highest BCUT2D eigenvalue weighted by atomic mass is 14.1. The average Bonchev–Trinajstić information content (AvgIpc) is 2.12. The van der Waals surface area contributed by atoms with Gasteiger partial charge in [0, 0.05) is 0 Å². The maximum absolute atomic E-state index is 3.06. The van der Waals surface area contributed by atoms with Gasteiger partial charge in [0.25, 0.3) is 0 Å². The van der Waals surface area contributed by atoms with Crippen LogP contribution in [0.4, 0.5) is 0 Å². The van der Waals surface area contributed by atoms with E-state index in [-0.39, 0.29) is 0 Å². The van der Waals surface area contributed by atoms with E-state index in [2.05, 4.69) is 17.9 Å². The van der Waals surface area contributed by atoms with Gasteiger partial charge in [-0.25, -0.2) is 0 Å². The summed E-state index contributed by atoms with van der Waals surface area (Å²) in [5, 5.41) is 0. The van der Waals surface area contributed by atoms with Crippen LogP contribution in [0.3, 0.4) is 0 Å². The van der Waals surface area contributed by atoms with E-state index in [1.54, 1.807) is 0 Å². The number of fused-ring (bicyclic) bond motifs is 1. The molecule has 0 atom stereocenters. The van der Waals surface area contributed by atoms with Crippen LogP contribution in [0.25, 0.3) is 0 Å². The van der Waals surface area contributed by atoms with Gasteiger partial charge in [-0.1, -0.05) is 12.2 Å². The predicted octanol–water partition coefficient (Wildman–Crippen LogP) is 1.97. The third-order valence-electron chi connectivity index (χ3n) is 1.44. The van der Waals surface area contributed by atoms with Gasteiger partial charge in [-0.05, 0) is 29.7 Å². The molecule has 0 amide bonds. The van der Waals surface area contributed by atoms with E-state index in [0.717, 1.165) is 6.42 Å². The Kier molecular flexibility index (Phi) is 0.610. The van der Waals surface area contributed by atoms with E-state index < -0.39 is 0 Å². The highest BCUT2D eigenvalue weighted by molar-refractivity contribution is 5.47. The summed E-state index contributed by atoms with van der Waals surface area (Å²) < 4.78 is 0. The highest BCUT2D eigenvalue weighted by Gasteiger charge is 2.02. The SMILES string of the molecule is C1=CC2=CCC(=C2)C=1. The second-order valence-electron chi connectivity index (χ2n) is 2.08. The molecule has 2 aliphatic rings. The number of allylic oxidation sites excluding steroid dienone is 5. The molecular formula is C8H6. The van der Waals surface area contributed by atoms with Gasteiger partial charge in [0.05, 0.1) is 0 Å². The maximum atomic E-state index is 3.06. The van der Waals surface area contributed by atoms with Crippen molar-refractivity contribution in [1.82, 2.24) is 0 Å². The summed E-state index contributed by atoms with van der Waals surface area (Å²) >= 11 is 0. The number of hydrogen-bond donors (Lipinski definition) is 0. The van der Waals surface area contributed by atoms with Crippen molar-refractivity contribution in [2.24, 2.45) is 0 Å². The second kappa shape index (κ2) is 1.24. The van der Waals surface area contributed by atoms with Crippen LogP contribution < -0.4 is 0 Å². The fraction of sp³-hybridized carbons (Fsp3) is 0.125. The summed E-state index contributed by atoms with van der Waals surface area (Å²) in [6.07, 6.45) is 9.56. The Labute approximate surface area is 48.5 Å². The molecule has 0 aliphatic heterocycles. The highest BCUT2D eigenvalue weighted by Crippen LogP contribution is 2.21. The van der Waals surface area contributed by atoms with Crippen molar-refractivity contribution in [1.29, 1.82) is 0 Å². The Morgan fingerprint density at radius 1 is 1.38 bits per heavy atom. The topological polar surface area (TPSA) is 0 Å². The van der Waals surface area contributed by atoms with E-state index in [1.165, 1.54) is 11.1 Å². The van der Waals surface area contributed by atoms with Crippen LogP contribution in [-0.4, -0.2) is 0 Å². The smallest absolute Gasteiger partial charge is 0.00819 e. The summed E-state index contributed by atoms with van der Waals surface area (Å²) in [5.41, 5.74) is 5.77. The third kappa shape index (κ3) is 0.408. The van der Waals surface area contributed by atoms with Crippen LogP contribution in [0.1, 0.15) is 6.42 Å². The minimum absolute atomic E-state index is 1.11. The van der Waals surface area contributed by atoms with Crippen LogP contribution in [0.5, 0.6) is 0 Å². The molecule has 0 heterocycles. The molecular weight excluding hydrogens is 96.1 g/mol. The van der Waals surface area contributed by atoms with Crippen LogP contribution in [0.2, 0.25) is 0 Å². The van der Waals surface area contributed by atoms with E-state index >= 15 is 0 Å². The molecule has 0 aromatic heterocycles. The molecule has 0 heteroatoms. The Bertz CT molecular complexity index is 231. The lowest BCUT2D eigenvalue weighted by Crippen LogP contribution is -1.69. The van der Waals surface area contributed by atoms with Gasteiger partial charge in [-0.2, -0.15) is 0 Å². The van der Waals surface area contributed by atoms with Gasteiger partial charge in [-0.15, -0.1) is 5.73 Å². The van der Waals surface area contributed by atoms with Gasteiger partial charge in [0.2, 0.25) is 0 Å². The Morgan fingerprint density at radius 3 is 3.12 bits per heavy atom. The number of hydrogen-bond acceptors (Lipinski definition) is 0. The van der Waals surface area contributed by atoms with Crippen molar-refractivity contribution < 1.29 is 0 Å². The van der Waals surface area contributed by atoms with Crippen molar-refractivity contribution in [2.75, 3.05) is 0 Å². The molecule has 38 valence electrons. The Hall–Kier alpha value is -1.00. The van der Waals surface area contributed by atoms with Gasteiger partial charge < -0.3 is 0 Å². The first-order valence-corrected chi connectivity index (χ1v) is 2.78. The lowest BCUT2D eigenvalue weighted by Gasteiger charge is -1.88. The summed E-state index contributed by atoms with van der Waals surface area (Å²) in [4.78, 5) is 0. The van der Waals surface area contributed by atoms with E-state index in [9.17, 15) is 0 Å². The largest absolute Gasteiger partial charge is 0.120 e. The summed E-state index contributed by atoms with van der Waals surface area (Å²) in [7, 11) is 0. The lowest BCUT2D eigenvalue weighted by molar-refractivity contribution is 1.34. The maximum Gasteiger partial charge on any atom is -0.00819 e. The molecule has 0 radical (unpaired) electrons. The zero-order valence-corrected chi connectivity index (χ0v) is 4.52. The Morgan fingerprint density at radius 2 is 2.38 bits per heavy atom. The summed E-state index contributed by atoms with van der Waals surface area (Å²) in [6.45, 7) is 0. The van der Waals surface area contributed by atoms with Gasteiger partial charge >= 0.3 is 0 Å². The van der Waals surface area contributed by atoms with Gasteiger partial charge in [0.1, 0.15) is 0 Å². The molecule has 2 aliphatic carbocycles. The fourth-order valence-corrected chi connectivity index (χ4v) is 1.01. The minimum atomic E-state index is 1.11. The Balaban J connectivity index is 2.65. The van der Waals surface area contributed by atoms with Crippen molar-refractivity contribution in [3.63, 3.8) is 0 Å². The van der Waals surface area contributed by atoms with Crippen LogP contribution in [0, 0.1) is 0 Å². The number of rotatable bonds is 0. The van der Waals surface area contributed by atoms with E-state index in [4.69, 9.17) is 0 Å². The minimum Gasteiger partial charge on any atom is -0.120 e. The van der Waals surface area contributed by atoms with E-state index in [0.29, 0.717) is 0 Å². The molecule has 8 heavy (non-hydrogen) atoms. The molecule has 2 bridgehead atoms. The molecule has 2 rings (SSSR count). The zero-order valence-electron chi connectivity index (χ0n) is 4.52. The van der Waals surface area contributed by atoms with Crippen molar-refractivity contribution in [2.45, 2.75) is 6.42 Å². The monoisotopic (exact) mass is 102 g/mol. The zero-order chi connectivity index (χ0) is 5.40. The lowest BCUT2D eigenvalue weighted by atomic mass is 10.2. The molecule has 0 N–H and O–H groups in total. The fourth-order valence-electron chi connectivity index (χ4n) is 1.01. The van der Waals surface area contributed by atoms with Crippen molar-refractivity contribution in [3.8, 4) is 0 Å². The molecule has 0 saturated heterocycles. The third-order valence-corrected chi connectivity index (χ3v) is 1.44. The van der Waals surface area contributed by atoms with Gasteiger partial charge in [0.15, 0.2) is 0 Å². The van der Waals surface area contributed by atoms with Crippen molar-refractivity contribution >= 4 is 0 Å². The van der Waals surface area contributed by atoms with Gasteiger partial charge in [-0.3, -0.25) is 0 Å². The first-order valence-electron chi connectivity index (χ1n) is 2.78. The summed E-state index contributed by atoms with van der Waals surface area (Å²) in [6, 6.07) is 0.